The van der Waals surface area contributed by atoms with Gasteiger partial charge in [0, 0.05) is 0 Å². The van der Waals surface area contributed by atoms with E-state index in [0.29, 0.717) is 4.90 Å². The normalized spacial score (nSPS) is 19.3. The molecule has 0 saturated heterocycles. The Morgan fingerprint density at radius 1 is 0.821 bits per heavy atom. The van der Waals surface area contributed by atoms with Gasteiger partial charge < -0.3 is 0 Å². The molecule has 2 atom stereocenters. The van der Waals surface area contributed by atoms with Gasteiger partial charge in [0.05, 0.1) is 16.6 Å². The molecule has 28 heavy (non-hydrogen) atoms. The second-order valence-corrected chi connectivity index (χ2v) is 9.50. The maximum absolute atomic E-state index is 13.8. The lowest BCUT2D eigenvalue weighted by Crippen LogP contribution is -2.39. The van der Waals surface area contributed by atoms with Crippen LogP contribution in [0.2, 0.25) is 0 Å². The van der Waals surface area contributed by atoms with Crippen LogP contribution in [0.4, 0.5) is 5.69 Å². The van der Waals surface area contributed by atoms with E-state index in [1.165, 1.54) is 0 Å². The SMILES string of the molecule is Cc1ccc(S(=O)(=O)N2c3ccccc3[C@@H](C)C[C@H]2c2ccccc2C)cc1. The van der Waals surface area contributed by atoms with E-state index >= 15 is 0 Å². The maximum atomic E-state index is 13.8. The fourth-order valence-corrected chi connectivity index (χ4v) is 5.83. The molecule has 4 heteroatoms. The highest BCUT2D eigenvalue weighted by Gasteiger charge is 2.39. The van der Waals surface area contributed by atoms with Crippen molar-refractivity contribution < 1.29 is 8.42 Å². The number of nitrogens with zero attached hydrogens (tertiary/aromatic N) is 1. The zero-order valence-corrected chi connectivity index (χ0v) is 17.3. The van der Waals surface area contributed by atoms with Crippen LogP contribution in [0.1, 0.15) is 47.6 Å². The quantitative estimate of drug-likeness (QED) is 0.570. The van der Waals surface area contributed by atoms with Crippen molar-refractivity contribution in [2.24, 2.45) is 0 Å². The van der Waals surface area contributed by atoms with E-state index in [-0.39, 0.29) is 12.0 Å². The highest BCUT2D eigenvalue weighted by Crippen LogP contribution is 2.47. The number of fused-ring (bicyclic) bond motifs is 1. The molecule has 0 aliphatic carbocycles. The number of sulfonamides is 1. The molecule has 0 fully saturated rings. The van der Waals surface area contributed by atoms with Crippen LogP contribution in [0, 0.1) is 13.8 Å². The van der Waals surface area contributed by atoms with Crippen molar-refractivity contribution in [3.05, 3.63) is 95.1 Å². The smallest absolute Gasteiger partial charge is 0.259 e. The van der Waals surface area contributed by atoms with Gasteiger partial charge in [-0.15, -0.1) is 0 Å². The van der Waals surface area contributed by atoms with Gasteiger partial charge in [0.2, 0.25) is 0 Å². The minimum absolute atomic E-state index is 0.225. The fourth-order valence-electron chi connectivity index (χ4n) is 4.17. The largest absolute Gasteiger partial charge is 0.264 e. The zero-order valence-electron chi connectivity index (χ0n) is 16.5. The zero-order chi connectivity index (χ0) is 19.9. The Morgan fingerprint density at radius 3 is 2.11 bits per heavy atom. The van der Waals surface area contributed by atoms with Gasteiger partial charge in [-0.2, -0.15) is 0 Å². The molecule has 0 spiro atoms. The summed E-state index contributed by atoms with van der Waals surface area (Å²) in [5.41, 5.74) is 5.10. The van der Waals surface area contributed by atoms with Gasteiger partial charge in [-0.1, -0.05) is 67.1 Å². The lowest BCUT2D eigenvalue weighted by Gasteiger charge is -2.41. The number of para-hydroxylation sites is 1. The average molecular weight is 392 g/mol. The molecule has 0 radical (unpaired) electrons. The van der Waals surface area contributed by atoms with Crippen LogP contribution in [-0.4, -0.2) is 8.42 Å². The maximum Gasteiger partial charge on any atom is 0.264 e. The number of aryl methyl sites for hydroxylation is 2. The van der Waals surface area contributed by atoms with Crippen LogP contribution < -0.4 is 4.31 Å². The van der Waals surface area contributed by atoms with Crippen molar-refractivity contribution in [2.45, 2.75) is 44.0 Å². The molecule has 1 aliphatic heterocycles. The van der Waals surface area contributed by atoms with E-state index in [0.717, 1.165) is 34.4 Å². The van der Waals surface area contributed by atoms with Gasteiger partial charge in [-0.3, -0.25) is 4.31 Å². The summed E-state index contributed by atoms with van der Waals surface area (Å²) < 4.78 is 29.2. The topological polar surface area (TPSA) is 37.4 Å². The Hall–Kier alpha value is -2.59. The summed E-state index contributed by atoms with van der Waals surface area (Å²) in [5, 5.41) is 0. The van der Waals surface area contributed by atoms with Crippen molar-refractivity contribution in [2.75, 3.05) is 4.31 Å². The van der Waals surface area contributed by atoms with Crippen LogP contribution >= 0.6 is 0 Å². The third-order valence-electron chi connectivity index (χ3n) is 5.69. The molecule has 144 valence electrons. The van der Waals surface area contributed by atoms with E-state index in [2.05, 4.69) is 26.0 Å². The second-order valence-electron chi connectivity index (χ2n) is 7.68. The Labute approximate surface area is 167 Å². The van der Waals surface area contributed by atoms with Crippen LogP contribution in [0.5, 0.6) is 0 Å². The van der Waals surface area contributed by atoms with Crippen molar-refractivity contribution in [1.82, 2.24) is 0 Å². The van der Waals surface area contributed by atoms with Gasteiger partial charge in [0.25, 0.3) is 10.0 Å². The molecule has 1 aliphatic rings. The molecule has 0 amide bonds. The Morgan fingerprint density at radius 2 is 1.43 bits per heavy atom. The van der Waals surface area contributed by atoms with E-state index in [1.54, 1.807) is 16.4 Å². The monoisotopic (exact) mass is 391 g/mol. The van der Waals surface area contributed by atoms with E-state index in [4.69, 9.17) is 0 Å². The summed E-state index contributed by atoms with van der Waals surface area (Å²) in [5.74, 6) is 0.283. The van der Waals surface area contributed by atoms with E-state index in [9.17, 15) is 8.42 Å². The predicted octanol–water partition coefficient (Wildman–Crippen LogP) is 5.75. The van der Waals surface area contributed by atoms with Gasteiger partial charge in [0.15, 0.2) is 0 Å². The summed E-state index contributed by atoms with van der Waals surface area (Å²) in [7, 11) is -3.70. The number of hydrogen-bond acceptors (Lipinski definition) is 2. The van der Waals surface area contributed by atoms with E-state index < -0.39 is 10.0 Å². The first kappa shape index (κ1) is 18.8. The lowest BCUT2D eigenvalue weighted by molar-refractivity contribution is 0.522. The third-order valence-corrected chi connectivity index (χ3v) is 7.53. The van der Waals surface area contributed by atoms with Crippen LogP contribution in [-0.2, 0) is 10.0 Å². The Balaban J connectivity index is 1.94. The van der Waals surface area contributed by atoms with Gasteiger partial charge in [0.1, 0.15) is 0 Å². The van der Waals surface area contributed by atoms with Gasteiger partial charge >= 0.3 is 0 Å². The first-order chi connectivity index (χ1) is 13.4. The molecule has 4 rings (SSSR count). The number of anilines is 1. The summed E-state index contributed by atoms with van der Waals surface area (Å²) >= 11 is 0. The molecular formula is C24H25NO2S. The Bertz CT molecular complexity index is 1100. The van der Waals surface area contributed by atoms with Crippen molar-refractivity contribution in [1.29, 1.82) is 0 Å². The highest BCUT2D eigenvalue weighted by molar-refractivity contribution is 7.92. The van der Waals surface area contributed by atoms with Crippen molar-refractivity contribution in [3.8, 4) is 0 Å². The molecule has 3 aromatic carbocycles. The number of hydrogen-bond donors (Lipinski definition) is 0. The van der Waals surface area contributed by atoms with Crippen molar-refractivity contribution in [3.63, 3.8) is 0 Å². The van der Waals surface area contributed by atoms with Gasteiger partial charge in [-0.05, 0) is 61.1 Å². The summed E-state index contributed by atoms with van der Waals surface area (Å²) in [6.45, 7) is 6.20. The van der Waals surface area contributed by atoms with Gasteiger partial charge in [-0.25, -0.2) is 8.42 Å². The molecule has 0 bridgehead atoms. The first-order valence-electron chi connectivity index (χ1n) is 9.65. The summed E-state index contributed by atoms with van der Waals surface area (Å²) in [6, 6.07) is 22.9. The summed E-state index contributed by atoms with van der Waals surface area (Å²) in [6.07, 6.45) is 0.757. The first-order valence-corrected chi connectivity index (χ1v) is 11.1. The molecule has 0 N–H and O–H groups in total. The molecular weight excluding hydrogens is 366 g/mol. The predicted molar refractivity (Wildman–Crippen MR) is 114 cm³/mol. The van der Waals surface area contributed by atoms with Crippen molar-refractivity contribution >= 4 is 15.7 Å². The highest BCUT2D eigenvalue weighted by atomic mass is 32.2. The molecule has 1 heterocycles. The van der Waals surface area contributed by atoms with Crippen LogP contribution in [0.25, 0.3) is 0 Å². The fraction of sp³-hybridized carbons (Fsp3) is 0.250. The number of rotatable bonds is 3. The third kappa shape index (κ3) is 3.12. The molecule has 3 nitrogen and oxygen atoms in total. The van der Waals surface area contributed by atoms with E-state index in [1.807, 2.05) is 55.5 Å². The van der Waals surface area contributed by atoms with Crippen LogP contribution in [0.3, 0.4) is 0 Å². The minimum atomic E-state index is -3.70. The molecule has 0 unspecified atom stereocenters. The summed E-state index contributed by atoms with van der Waals surface area (Å²) in [4.78, 5) is 0.334. The molecule has 0 saturated carbocycles. The standard InChI is InChI=1S/C24H25NO2S/c1-17-12-14-20(15-13-17)28(26,27)25-23-11-7-6-10-22(23)19(3)16-24(25)21-9-5-4-8-18(21)2/h4-15,19,24H,16H2,1-3H3/t19-,24-/m0/s1. The minimum Gasteiger partial charge on any atom is -0.259 e. The average Bonchev–Trinajstić information content (AvgIpc) is 2.68. The Kier molecular flexibility index (Phi) is 4.76. The number of benzene rings is 3. The molecule has 3 aromatic rings. The van der Waals surface area contributed by atoms with Crippen LogP contribution in [0.15, 0.2) is 77.7 Å². The molecule has 0 aromatic heterocycles. The second kappa shape index (κ2) is 7.10. The lowest BCUT2D eigenvalue weighted by atomic mass is 9.84.